The summed E-state index contributed by atoms with van der Waals surface area (Å²) in [5, 5.41) is 3.09. The summed E-state index contributed by atoms with van der Waals surface area (Å²) < 4.78 is 32.7. The maximum absolute atomic E-state index is 13.3. The van der Waals surface area contributed by atoms with Crippen molar-refractivity contribution in [2.75, 3.05) is 10.6 Å². The number of benzene rings is 2. The number of nitrogens with one attached hydrogen (secondary N) is 1. The SMILES string of the molecule is Cc1ccc2c(c1)[C@@H](NC(=O)[C@H](C)N(c1cc(C)ccc1C)S(C)(=O)=O)CC(C)(C)O2. The van der Waals surface area contributed by atoms with E-state index in [2.05, 4.69) is 5.32 Å². The second kappa shape index (κ2) is 8.19. The van der Waals surface area contributed by atoms with Crippen LogP contribution in [0.4, 0.5) is 5.69 Å². The van der Waals surface area contributed by atoms with E-state index in [4.69, 9.17) is 4.74 Å². The Morgan fingerprint density at radius 2 is 1.74 bits per heavy atom. The molecule has 1 heterocycles. The quantitative estimate of drug-likeness (QED) is 0.750. The molecule has 0 radical (unpaired) electrons. The molecule has 2 aromatic carbocycles. The first kappa shape index (κ1) is 23.1. The van der Waals surface area contributed by atoms with Crippen molar-refractivity contribution in [3.63, 3.8) is 0 Å². The molecule has 0 spiro atoms. The second-order valence-corrected chi connectivity index (χ2v) is 11.1. The van der Waals surface area contributed by atoms with E-state index >= 15 is 0 Å². The van der Waals surface area contributed by atoms with Gasteiger partial charge in [-0.3, -0.25) is 9.10 Å². The summed E-state index contributed by atoms with van der Waals surface area (Å²) in [6.07, 6.45) is 1.72. The van der Waals surface area contributed by atoms with Gasteiger partial charge in [0.05, 0.1) is 18.0 Å². The number of anilines is 1. The van der Waals surface area contributed by atoms with Crippen LogP contribution in [-0.2, 0) is 14.8 Å². The molecule has 1 aliphatic heterocycles. The Balaban J connectivity index is 1.95. The lowest BCUT2D eigenvalue weighted by molar-refractivity contribution is -0.123. The average molecular weight is 445 g/mol. The molecule has 0 saturated carbocycles. The summed E-state index contributed by atoms with van der Waals surface area (Å²) >= 11 is 0. The van der Waals surface area contributed by atoms with E-state index in [1.54, 1.807) is 13.0 Å². The van der Waals surface area contributed by atoms with Crippen molar-refractivity contribution in [2.24, 2.45) is 0 Å². The minimum atomic E-state index is -3.68. The fraction of sp³-hybridized carbons (Fsp3) is 0.458. The number of ether oxygens (including phenoxy) is 1. The zero-order chi connectivity index (χ0) is 23.1. The van der Waals surface area contributed by atoms with E-state index < -0.39 is 21.7 Å². The van der Waals surface area contributed by atoms with Gasteiger partial charge in [-0.15, -0.1) is 0 Å². The van der Waals surface area contributed by atoms with Gasteiger partial charge in [0.15, 0.2) is 0 Å². The van der Waals surface area contributed by atoms with Crippen molar-refractivity contribution >= 4 is 21.6 Å². The van der Waals surface area contributed by atoms with Crippen LogP contribution in [0.15, 0.2) is 36.4 Å². The lowest BCUT2D eigenvalue weighted by atomic mass is 9.88. The third-order valence-corrected chi connectivity index (χ3v) is 6.86. The van der Waals surface area contributed by atoms with Crippen molar-refractivity contribution in [2.45, 2.75) is 65.6 Å². The summed E-state index contributed by atoms with van der Waals surface area (Å²) in [6, 6.07) is 10.3. The Labute approximate surface area is 185 Å². The van der Waals surface area contributed by atoms with E-state index in [-0.39, 0.29) is 11.9 Å². The maximum atomic E-state index is 13.3. The van der Waals surface area contributed by atoms with Gasteiger partial charge in [-0.25, -0.2) is 8.42 Å². The first-order valence-electron chi connectivity index (χ1n) is 10.4. The highest BCUT2D eigenvalue weighted by atomic mass is 32.2. The molecule has 1 amide bonds. The molecule has 2 aromatic rings. The standard InChI is InChI=1S/C24H32N2O4S/c1-15-9-11-22-19(12-15)20(14-24(5,6)30-22)25-23(27)18(4)26(31(7,28)29)21-13-16(2)8-10-17(21)3/h8-13,18,20H,14H2,1-7H3,(H,25,27)/t18-,20-/m0/s1. The van der Waals surface area contributed by atoms with Crippen LogP contribution in [-0.4, -0.2) is 32.2 Å². The van der Waals surface area contributed by atoms with Gasteiger partial charge in [0.2, 0.25) is 15.9 Å². The van der Waals surface area contributed by atoms with Crippen LogP contribution in [0.5, 0.6) is 5.75 Å². The smallest absolute Gasteiger partial charge is 0.244 e. The third-order valence-electron chi connectivity index (χ3n) is 5.63. The van der Waals surface area contributed by atoms with E-state index in [9.17, 15) is 13.2 Å². The molecule has 1 aliphatic rings. The Kier molecular flexibility index (Phi) is 6.11. The van der Waals surface area contributed by atoms with E-state index in [1.165, 1.54) is 4.31 Å². The molecule has 0 unspecified atom stereocenters. The highest BCUT2D eigenvalue weighted by Gasteiger charge is 2.37. The molecule has 0 aromatic heterocycles. The van der Waals surface area contributed by atoms with Crippen molar-refractivity contribution in [1.82, 2.24) is 5.32 Å². The summed E-state index contributed by atoms with van der Waals surface area (Å²) in [5.74, 6) is 0.399. The number of aryl methyl sites for hydroxylation is 3. The summed E-state index contributed by atoms with van der Waals surface area (Å²) in [6.45, 7) is 11.3. The molecule has 2 atom stereocenters. The van der Waals surface area contributed by atoms with Crippen LogP contribution in [0.3, 0.4) is 0 Å². The minimum Gasteiger partial charge on any atom is -0.487 e. The van der Waals surface area contributed by atoms with Crippen LogP contribution < -0.4 is 14.4 Å². The zero-order valence-corrected chi connectivity index (χ0v) is 20.1. The first-order chi connectivity index (χ1) is 14.3. The Morgan fingerprint density at radius 3 is 2.39 bits per heavy atom. The second-order valence-electron chi connectivity index (χ2n) is 9.19. The predicted octanol–water partition coefficient (Wildman–Crippen LogP) is 4.18. The van der Waals surface area contributed by atoms with Gasteiger partial charge in [0, 0.05) is 12.0 Å². The number of sulfonamides is 1. The van der Waals surface area contributed by atoms with E-state index in [0.29, 0.717) is 12.1 Å². The topological polar surface area (TPSA) is 75.7 Å². The van der Waals surface area contributed by atoms with Crippen LogP contribution >= 0.6 is 0 Å². The van der Waals surface area contributed by atoms with Gasteiger partial charge in [0.1, 0.15) is 17.4 Å². The fourth-order valence-corrected chi connectivity index (χ4v) is 5.36. The summed E-state index contributed by atoms with van der Waals surface area (Å²) in [7, 11) is -3.68. The number of fused-ring (bicyclic) bond motifs is 1. The Hall–Kier alpha value is -2.54. The number of carbonyl (C=O) groups excluding carboxylic acids is 1. The van der Waals surface area contributed by atoms with Crippen LogP contribution in [0.2, 0.25) is 0 Å². The van der Waals surface area contributed by atoms with Gasteiger partial charge in [-0.1, -0.05) is 29.8 Å². The van der Waals surface area contributed by atoms with Gasteiger partial charge in [0.25, 0.3) is 0 Å². The highest BCUT2D eigenvalue weighted by Crippen LogP contribution is 2.40. The molecule has 0 saturated heterocycles. The van der Waals surface area contributed by atoms with Gasteiger partial charge in [-0.2, -0.15) is 0 Å². The van der Waals surface area contributed by atoms with Gasteiger partial charge >= 0.3 is 0 Å². The molecule has 168 valence electrons. The normalized spacial score (nSPS) is 18.5. The number of hydrogen-bond donors (Lipinski definition) is 1. The molecule has 6 nitrogen and oxygen atoms in total. The summed E-state index contributed by atoms with van der Waals surface area (Å²) in [5.41, 5.74) is 3.78. The molecule has 31 heavy (non-hydrogen) atoms. The number of nitrogens with zero attached hydrogens (tertiary/aromatic N) is 1. The molecule has 7 heteroatoms. The van der Waals surface area contributed by atoms with Crippen LogP contribution in [0, 0.1) is 20.8 Å². The molecular formula is C24H32N2O4S. The number of amides is 1. The van der Waals surface area contributed by atoms with Crippen molar-refractivity contribution < 1.29 is 17.9 Å². The molecule has 3 rings (SSSR count). The maximum Gasteiger partial charge on any atom is 0.244 e. The Bertz CT molecular complexity index is 1110. The molecule has 0 bridgehead atoms. The average Bonchev–Trinajstić information content (AvgIpc) is 2.63. The zero-order valence-electron chi connectivity index (χ0n) is 19.3. The number of carbonyl (C=O) groups is 1. The minimum absolute atomic E-state index is 0.270. The van der Waals surface area contributed by atoms with Crippen LogP contribution in [0.1, 0.15) is 55.5 Å². The van der Waals surface area contributed by atoms with Crippen molar-refractivity contribution in [3.05, 3.63) is 58.7 Å². The van der Waals surface area contributed by atoms with E-state index in [1.807, 2.05) is 65.0 Å². The molecule has 0 fully saturated rings. The highest BCUT2D eigenvalue weighted by molar-refractivity contribution is 7.92. The van der Waals surface area contributed by atoms with Crippen LogP contribution in [0.25, 0.3) is 0 Å². The van der Waals surface area contributed by atoms with Crippen molar-refractivity contribution in [3.8, 4) is 5.75 Å². The lowest BCUT2D eigenvalue weighted by Gasteiger charge is -2.39. The monoisotopic (exact) mass is 444 g/mol. The largest absolute Gasteiger partial charge is 0.487 e. The lowest BCUT2D eigenvalue weighted by Crippen LogP contribution is -2.50. The molecule has 1 N–H and O–H groups in total. The fourth-order valence-electron chi connectivity index (χ4n) is 4.13. The van der Waals surface area contributed by atoms with Gasteiger partial charge in [-0.05, 0) is 64.8 Å². The molecular weight excluding hydrogens is 412 g/mol. The third kappa shape index (κ3) is 5.03. The Morgan fingerprint density at radius 1 is 1.13 bits per heavy atom. The first-order valence-corrected chi connectivity index (χ1v) is 12.3. The summed E-state index contributed by atoms with van der Waals surface area (Å²) in [4.78, 5) is 13.3. The predicted molar refractivity (Wildman–Crippen MR) is 124 cm³/mol. The molecule has 0 aliphatic carbocycles. The number of hydrogen-bond acceptors (Lipinski definition) is 4. The number of rotatable bonds is 5. The van der Waals surface area contributed by atoms with Crippen molar-refractivity contribution in [1.29, 1.82) is 0 Å². The van der Waals surface area contributed by atoms with Gasteiger partial charge < -0.3 is 10.1 Å². The van der Waals surface area contributed by atoms with E-state index in [0.717, 1.165) is 34.3 Å².